The molecule has 1 aromatic heterocycles. The molecule has 5 heteroatoms. The average molecular weight is 370 g/mol. The van der Waals surface area contributed by atoms with Gasteiger partial charge in [-0.25, -0.2) is 9.97 Å². The summed E-state index contributed by atoms with van der Waals surface area (Å²) in [4.78, 5) is 20.7. The summed E-state index contributed by atoms with van der Waals surface area (Å²) in [6, 6.07) is 7.43. The Morgan fingerprint density at radius 3 is 2.70 bits per heavy atom. The molecule has 0 spiro atoms. The zero-order valence-corrected chi connectivity index (χ0v) is 16.6. The standard InChI is InChI=1S/C22H30N2O3/c1-4-6-7-8-13-21(25)27-19-12-10-9-11-18(19)22-20(14-23-16-24-22)26-15-17(3)5-2/h9-12,14,16-17H,4-8,13,15H2,1-3H3. The van der Waals surface area contributed by atoms with Gasteiger partial charge in [-0.1, -0.05) is 58.6 Å². The van der Waals surface area contributed by atoms with Crippen molar-refractivity contribution in [2.24, 2.45) is 5.92 Å². The van der Waals surface area contributed by atoms with Crippen molar-refractivity contribution in [3.63, 3.8) is 0 Å². The van der Waals surface area contributed by atoms with Gasteiger partial charge in [0.2, 0.25) is 0 Å². The molecule has 1 unspecified atom stereocenters. The Balaban J connectivity index is 2.14. The first kappa shape index (κ1) is 20.9. The lowest BCUT2D eigenvalue weighted by molar-refractivity contribution is -0.134. The molecule has 0 saturated carbocycles. The smallest absolute Gasteiger partial charge is 0.311 e. The summed E-state index contributed by atoms with van der Waals surface area (Å²) in [6.45, 7) is 7.01. The van der Waals surface area contributed by atoms with Crippen LogP contribution in [-0.4, -0.2) is 22.5 Å². The molecule has 1 aromatic carbocycles. The van der Waals surface area contributed by atoms with Crippen molar-refractivity contribution in [3.8, 4) is 22.8 Å². The first-order valence-electron chi connectivity index (χ1n) is 9.88. The van der Waals surface area contributed by atoms with Gasteiger partial charge in [-0.05, 0) is 24.5 Å². The van der Waals surface area contributed by atoms with Crippen LogP contribution < -0.4 is 9.47 Å². The van der Waals surface area contributed by atoms with E-state index in [2.05, 4.69) is 30.7 Å². The lowest BCUT2D eigenvalue weighted by Crippen LogP contribution is -2.10. The Bertz CT molecular complexity index is 718. The molecule has 0 fully saturated rings. The molecular formula is C22H30N2O3. The van der Waals surface area contributed by atoms with E-state index in [1.807, 2.05) is 18.2 Å². The summed E-state index contributed by atoms with van der Waals surface area (Å²) >= 11 is 0. The van der Waals surface area contributed by atoms with Gasteiger partial charge in [-0.2, -0.15) is 0 Å². The van der Waals surface area contributed by atoms with Gasteiger partial charge in [-0.15, -0.1) is 0 Å². The molecule has 27 heavy (non-hydrogen) atoms. The maximum absolute atomic E-state index is 12.2. The van der Waals surface area contributed by atoms with Crippen LogP contribution in [0.5, 0.6) is 11.5 Å². The molecule has 0 bridgehead atoms. The van der Waals surface area contributed by atoms with Crippen LogP contribution in [0.4, 0.5) is 0 Å². The normalized spacial score (nSPS) is 11.8. The first-order chi connectivity index (χ1) is 13.2. The molecule has 0 saturated heterocycles. The van der Waals surface area contributed by atoms with Crippen LogP contribution >= 0.6 is 0 Å². The fourth-order valence-corrected chi connectivity index (χ4v) is 2.60. The highest BCUT2D eigenvalue weighted by Crippen LogP contribution is 2.34. The minimum atomic E-state index is -0.213. The lowest BCUT2D eigenvalue weighted by atomic mass is 10.1. The fraction of sp³-hybridized carbons (Fsp3) is 0.500. The Labute approximate surface area is 162 Å². The second kappa shape index (κ2) is 11.3. The maximum Gasteiger partial charge on any atom is 0.311 e. The maximum atomic E-state index is 12.2. The highest BCUT2D eigenvalue weighted by molar-refractivity contribution is 5.78. The second-order valence-corrected chi connectivity index (χ2v) is 6.84. The molecule has 5 nitrogen and oxygen atoms in total. The number of ether oxygens (including phenoxy) is 2. The van der Waals surface area contributed by atoms with Crippen molar-refractivity contribution in [1.82, 2.24) is 9.97 Å². The average Bonchev–Trinajstić information content (AvgIpc) is 2.70. The molecule has 2 aromatic rings. The SMILES string of the molecule is CCCCCCC(=O)Oc1ccccc1-c1ncncc1OCC(C)CC. The molecule has 1 atom stereocenters. The third kappa shape index (κ3) is 6.66. The van der Waals surface area contributed by atoms with Crippen molar-refractivity contribution >= 4 is 5.97 Å². The second-order valence-electron chi connectivity index (χ2n) is 6.84. The van der Waals surface area contributed by atoms with Crippen LogP contribution in [0.15, 0.2) is 36.8 Å². The van der Waals surface area contributed by atoms with Gasteiger partial charge >= 0.3 is 5.97 Å². The number of unbranched alkanes of at least 4 members (excludes halogenated alkanes) is 3. The van der Waals surface area contributed by atoms with E-state index in [1.54, 1.807) is 12.3 Å². The Kier molecular flexibility index (Phi) is 8.75. The van der Waals surface area contributed by atoms with Crippen LogP contribution in [0, 0.1) is 5.92 Å². The predicted octanol–water partition coefficient (Wildman–Crippen LogP) is 5.44. The van der Waals surface area contributed by atoms with Crippen molar-refractivity contribution in [2.75, 3.05) is 6.61 Å². The molecule has 1 heterocycles. The molecule has 0 N–H and O–H groups in total. The van der Waals surface area contributed by atoms with E-state index >= 15 is 0 Å². The third-order valence-electron chi connectivity index (χ3n) is 4.50. The summed E-state index contributed by atoms with van der Waals surface area (Å²) in [6.07, 6.45) is 8.79. The van der Waals surface area contributed by atoms with Gasteiger partial charge in [0, 0.05) is 12.0 Å². The zero-order chi connectivity index (χ0) is 19.5. The number of aromatic nitrogens is 2. The molecule has 0 aliphatic rings. The number of esters is 1. The lowest BCUT2D eigenvalue weighted by Gasteiger charge is -2.15. The molecular weight excluding hydrogens is 340 g/mol. The summed E-state index contributed by atoms with van der Waals surface area (Å²) in [5, 5.41) is 0. The number of hydrogen-bond donors (Lipinski definition) is 0. The molecule has 2 rings (SSSR count). The van der Waals surface area contributed by atoms with Gasteiger partial charge in [0.05, 0.1) is 12.8 Å². The Hall–Kier alpha value is -2.43. The highest BCUT2D eigenvalue weighted by Gasteiger charge is 2.16. The van der Waals surface area contributed by atoms with Crippen molar-refractivity contribution in [3.05, 3.63) is 36.8 Å². The summed E-state index contributed by atoms with van der Waals surface area (Å²) in [5.74, 6) is 1.33. The van der Waals surface area contributed by atoms with E-state index in [9.17, 15) is 4.79 Å². The monoisotopic (exact) mass is 370 g/mol. The van der Waals surface area contributed by atoms with Gasteiger partial charge in [0.15, 0.2) is 5.75 Å². The van der Waals surface area contributed by atoms with Gasteiger partial charge in [0.1, 0.15) is 17.8 Å². The predicted molar refractivity (Wildman–Crippen MR) is 107 cm³/mol. The Morgan fingerprint density at radius 2 is 1.93 bits per heavy atom. The van der Waals surface area contributed by atoms with E-state index in [0.717, 1.165) is 37.7 Å². The van der Waals surface area contributed by atoms with E-state index < -0.39 is 0 Å². The highest BCUT2D eigenvalue weighted by atomic mass is 16.5. The molecule has 0 amide bonds. The first-order valence-corrected chi connectivity index (χ1v) is 9.88. The molecule has 0 radical (unpaired) electrons. The van der Waals surface area contributed by atoms with Gasteiger partial charge in [-0.3, -0.25) is 4.79 Å². The van der Waals surface area contributed by atoms with Crippen LogP contribution in [0.1, 0.15) is 59.3 Å². The van der Waals surface area contributed by atoms with Crippen LogP contribution in [0.3, 0.4) is 0 Å². The number of nitrogens with zero attached hydrogens (tertiary/aromatic N) is 2. The third-order valence-corrected chi connectivity index (χ3v) is 4.50. The van der Waals surface area contributed by atoms with Crippen LogP contribution in [0.2, 0.25) is 0 Å². The summed E-state index contributed by atoms with van der Waals surface area (Å²) in [7, 11) is 0. The minimum Gasteiger partial charge on any atom is -0.489 e. The number of hydrogen-bond acceptors (Lipinski definition) is 5. The van der Waals surface area contributed by atoms with Crippen LogP contribution in [0.25, 0.3) is 11.3 Å². The van der Waals surface area contributed by atoms with E-state index in [1.165, 1.54) is 6.33 Å². The number of carbonyl (C=O) groups excluding carboxylic acids is 1. The Morgan fingerprint density at radius 1 is 1.11 bits per heavy atom. The van der Waals surface area contributed by atoms with Crippen molar-refractivity contribution < 1.29 is 14.3 Å². The molecule has 0 aliphatic heterocycles. The zero-order valence-electron chi connectivity index (χ0n) is 16.6. The number of carbonyl (C=O) groups is 1. The van der Waals surface area contributed by atoms with E-state index in [4.69, 9.17) is 9.47 Å². The summed E-state index contributed by atoms with van der Waals surface area (Å²) in [5.41, 5.74) is 1.38. The number of para-hydroxylation sites is 1. The topological polar surface area (TPSA) is 61.3 Å². The van der Waals surface area contributed by atoms with Crippen molar-refractivity contribution in [1.29, 1.82) is 0 Å². The number of benzene rings is 1. The van der Waals surface area contributed by atoms with Gasteiger partial charge < -0.3 is 9.47 Å². The number of rotatable bonds is 11. The van der Waals surface area contributed by atoms with E-state index in [-0.39, 0.29) is 5.97 Å². The van der Waals surface area contributed by atoms with Crippen molar-refractivity contribution in [2.45, 2.75) is 59.3 Å². The molecule has 146 valence electrons. The largest absolute Gasteiger partial charge is 0.489 e. The van der Waals surface area contributed by atoms with Crippen LogP contribution in [-0.2, 0) is 4.79 Å². The summed E-state index contributed by atoms with van der Waals surface area (Å²) < 4.78 is 11.6. The quantitative estimate of drug-likeness (QED) is 0.299. The minimum absolute atomic E-state index is 0.213. The van der Waals surface area contributed by atoms with Gasteiger partial charge in [0.25, 0.3) is 0 Å². The fourth-order valence-electron chi connectivity index (χ4n) is 2.60. The molecule has 0 aliphatic carbocycles. The van der Waals surface area contributed by atoms with E-state index in [0.29, 0.717) is 36.1 Å².